The largest absolute Gasteiger partial charge is 0.489 e. The van der Waals surface area contributed by atoms with Crippen LogP contribution in [-0.4, -0.2) is 19.2 Å². The number of nitrogens with one attached hydrogen (secondary N) is 1. The first kappa shape index (κ1) is 10.0. The summed E-state index contributed by atoms with van der Waals surface area (Å²) in [5, 5.41) is 12.2. The van der Waals surface area contributed by atoms with E-state index in [0.717, 1.165) is 25.9 Å². The molecule has 1 fully saturated rings. The predicted octanol–water partition coefficient (Wildman–Crippen LogP) is 1.69. The highest BCUT2D eigenvalue weighted by Crippen LogP contribution is 2.20. The molecule has 1 aromatic carbocycles. The predicted molar refractivity (Wildman–Crippen MR) is 57.7 cm³/mol. The quantitative estimate of drug-likeness (QED) is 0.793. The number of piperidine rings is 1. The van der Waals surface area contributed by atoms with Crippen LogP contribution in [0.2, 0.25) is 0 Å². The summed E-state index contributed by atoms with van der Waals surface area (Å²) in [4.78, 5) is 0. The van der Waals surface area contributed by atoms with Crippen LogP contribution in [0.25, 0.3) is 0 Å². The zero-order chi connectivity index (χ0) is 10.5. The number of rotatable bonds is 2. The number of ether oxygens (including phenoxy) is 1. The van der Waals surface area contributed by atoms with E-state index in [1.165, 1.54) is 0 Å². The van der Waals surface area contributed by atoms with E-state index in [0.29, 0.717) is 11.3 Å². The highest BCUT2D eigenvalue weighted by atomic mass is 16.5. The topological polar surface area (TPSA) is 45.0 Å². The molecular weight excluding hydrogens is 188 g/mol. The standard InChI is InChI=1S/C12H14N2O/c13-9-10-3-1-2-4-12(10)15-11-5-7-14-8-6-11/h1-4,11,14H,5-8H2. The van der Waals surface area contributed by atoms with Gasteiger partial charge in [0.2, 0.25) is 0 Å². The van der Waals surface area contributed by atoms with E-state index < -0.39 is 0 Å². The number of hydrogen-bond donors (Lipinski definition) is 1. The molecule has 15 heavy (non-hydrogen) atoms. The molecule has 1 aliphatic rings. The van der Waals surface area contributed by atoms with Crippen molar-refractivity contribution in [2.24, 2.45) is 0 Å². The highest BCUT2D eigenvalue weighted by molar-refractivity contribution is 5.42. The van der Waals surface area contributed by atoms with Crippen LogP contribution >= 0.6 is 0 Å². The van der Waals surface area contributed by atoms with Crippen molar-refractivity contribution in [3.63, 3.8) is 0 Å². The monoisotopic (exact) mass is 202 g/mol. The number of hydrogen-bond acceptors (Lipinski definition) is 3. The molecule has 1 aliphatic heterocycles. The fraction of sp³-hybridized carbons (Fsp3) is 0.417. The summed E-state index contributed by atoms with van der Waals surface area (Å²) >= 11 is 0. The van der Waals surface area contributed by atoms with Gasteiger partial charge in [-0.3, -0.25) is 0 Å². The minimum Gasteiger partial charge on any atom is -0.489 e. The van der Waals surface area contributed by atoms with E-state index in [1.807, 2.05) is 18.2 Å². The lowest BCUT2D eigenvalue weighted by Crippen LogP contribution is -2.34. The summed E-state index contributed by atoms with van der Waals surface area (Å²) in [6.07, 6.45) is 2.28. The Bertz CT molecular complexity index is 364. The Morgan fingerprint density at radius 3 is 2.73 bits per heavy atom. The van der Waals surface area contributed by atoms with E-state index in [4.69, 9.17) is 10.00 Å². The van der Waals surface area contributed by atoms with E-state index >= 15 is 0 Å². The fourth-order valence-corrected chi connectivity index (χ4v) is 1.75. The van der Waals surface area contributed by atoms with Crippen molar-refractivity contribution >= 4 is 0 Å². The Balaban J connectivity index is 2.06. The van der Waals surface area contributed by atoms with E-state index in [2.05, 4.69) is 11.4 Å². The van der Waals surface area contributed by atoms with Gasteiger partial charge in [0.15, 0.2) is 0 Å². The second kappa shape index (κ2) is 4.81. The molecule has 0 bridgehead atoms. The molecule has 0 radical (unpaired) electrons. The van der Waals surface area contributed by atoms with Crippen LogP contribution in [-0.2, 0) is 0 Å². The second-order valence-electron chi connectivity index (χ2n) is 3.68. The molecule has 3 nitrogen and oxygen atoms in total. The van der Waals surface area contributed by atoms with E-state index in [1.54, 1.807) is 6.07 Å². The lowest BCUT2D eigenvalue weighted by atomic mass is 10.1. The molecule has 0 aliphatic carbocycles. The van der Waals surface area contributed by atoms with Crippen LogP contribution in [0, 0.1) is 11.3 Å². The first-order valence-corrected chi connectivity index (χ1v) is 5.26. The van der Waals surface area contributed by atoms with Crippen molar-refractivity contribution < 1.29 is 4.74 Å². The van der Waals surface area contributed by atoms with Gasteiger partial charge in [-0.1, -0.05) is 12.1 Å². The molecular formula is C12H14N2O. The van der Waals surface area contributed by atoms with Gasteiger partial charge in [-0.15, -0.1) is 0 Å². The Labute approximate surface area is 89.7 Å². The third-order valence-electron chi connectivity index (χ3n) is 2.59. The van der Waals surface area contributed by atoms with Crippen molar-refractivity contribution in [2.75, 3.05) is 13.1 Å². The Morgan fingerprint density at radius 2 is 2.00 bits per heavy atom. The van der Waals surface area contributed by atoms with Gasteiger partial charge in [0.1, 0.15) is 17.9 Å². The van der Waals surface area contributed by atoms with Gasteiger partial charge in [0, 0.05) is 0 Å². The van der Waals surface area contributed by atoms with Gasteiger partial charge >= 0.3 is 0 Å². The minimum atomic E-state index is 0.251. The van der Waals surface area contributed by atoms with Crippen molar-refractivity contribution in [2.45, 2.75) is 18.9 Å². The lowest BCUT2D eigenvalue weighted by molar-refractivity contribution is 0.162. The average molecular weight is 202 g/mol. The summed E-state index contributed by atoms with van der Waals surface area (Å²) < 4.78 is 5.81. The first-order valence-electron chi connectivity index (χ1n) is 5.26. The maximum Gasteiger partial charge on any atom is 0.137 e. The molecule has 0 aromatic heterocycles. The van der Waals surface area contributed by atoms with Crippen molar-refractivity contribution in [1.82, 2.24) is 5.32 Å². The number of nitriles is 1. The van der Waals surface area contributed by atoms with Gasteiger partial charge in [-0.05, 0) is 38.1 Å². The lowest BCUT2D eigenvalue weighted by Gasteiger charge is -2.24. The highest BCUT2D eigenvalue weighted by Gasteiger charge is 2.15. The smallest absolute Gasteiger partial charge is 0.137 e. The third-order valence-corrected chi connectivity index (χ3v) is 2.59. The normalized spacial score (nSPS) is 17.0. The Morgan fingerprint density at radius 1 is 1.27 bits per heavy atom. The van der Waals surface area contributed by atoms with E-state index in [9.17, 15) is 0 Å². The van der Waals surface area contributed by atoms with Crippen LogP contribution < -0.4 is 10.1 Å². The molecule has 0 atom stereocenters. The van der Waals surface area contributed by atoms with Crippen molar-refractivity contribution in [3.8, 4) is 11.8 Å². The molecule has 0 saturated carbocycles. The summed E-state index contributed by atoms with van der Waals surface area (Å²) in [6.45, 7) is 2.00. The minimum absolute atomic E-state index is 0.251. The Hall–Kier alpha value is -1.53. The maximum absolute atomic E-state index is 8.91. The fourth-order valence-electron chi connectivity index (χ4n) is 1.75. The number of nitrogens with zero attached hydrogens (tertiary/aromatic N) is 1. The van der Waals surface area contributed by atoms with Crippen LogP contribution in [0.5, 0.6) is 5.75 Å². The molecule has 1 heterocycles. The molecule has 0 spiro atoms. The summed E-state index contributed by atoms with van der Waals surface area (Å²) in [5.41, 5.74) is 0.621. The molecule has 2 rings (SSSR count). The molecule has 1 aromatic rings. The van der Waals surface area contributed by atoms with Crippen LogP contribution in [0.15, 0.2) is 24.3 Å². The maximum atomic E-state index is 8.91. The number of benzene rings is 1. The molecule has 3 heteroatoms. The van der Waals surface area contributed by atoms with Crippen molar-refractivity contribution in [1.29, 1.82) is 5.26 Å². The second-order valence-corrected chi connectivity index (χ2v) is 3.68. The summed E-state index contributed by atoms with van der Waals surface area (Å²) in [6, 6.07) is 9.55. The summed E-state index contributed by atoms with van der Waals surface area (Å²) in [5.74, 6) is 0.715. The molecule has 1 N–H and O–H groups in total. The van der Waals surface area contributed by atoms with Crippen molar-refractivity contribution in [3.05, 3.63) is 29.8 Å². The van der Waals surface area contributed by atoms with Crippen LogP contribution in [0.4, 0.5) is 0 Å². The third kappa shape index (κ3) is 2.48. The molecule has 0 unspecified atom stereocenters. The molecule has 0 amide bonds. The summed E-state index contributed by atoms with van der Waals surface area (Å²) in [7, 11) is 0. The van der Waals surface area contributed by atoms with Gasteiger partial charge < -0.3 is 10.1 Å². The van der Waals surface area contributed by atoms with Crippen LogP contribution in [0.3, 0.4) is 0 Å². The van der Waals surface area contributed by atoms with Gasteiger partial charge in [0.25, 0.3) is 0 Å². The zero-order valence-corrected chi connectivity index (χ0v) is 8.57. The van der Waals surface area contributed by atoms with E-state index in [-0.39, 0.29) is 6.10 Å². The van der Waals surface area contributed by atoms with Gasteiger partial charge in [-0.25, -0.2) is 0 Å². The molecule has 78 valence electrons. The van der Waals surface area contributed by atoms with Gasteiger partial charge in [0.05, 0.1) is 5.56 Å². The first-order chi connectivity index (χ1) is 7.40. The Kier molecular flexibility index (Phi) is 3.21. The van der Waals surface area contributed by atoms with Gasteiger partial charge in [-0.2, -0.15) is 5.26 Å². The molecule has 1 saturated heterocycles. The SMILES string of the molecule is N#Cc1ccccc1OC1CCNCC1. The zero-order valence-electron chi connectivity index (χ0n) is 8.57. The average Bonchev–Trinajstić information content (AvgIpc) is 2.31. The number of para-hydroxylation sites is 1. The van der Waals surface area contributed by atoms with Crippen LogP contribution in [0.1, 0.15) is 18.4 Å².